The first-order chi connectivity index (χ1) is 21.1. The summed E-state index contributed by atoms with van der Waals surface area (Å²) in [4.78, 5) is 56.1. The number of ether oxygens (including phenoxy) is 2. The van der Waals surface area contributed by atoms with Gasteiger partial charge in [0.2, 0.25) is 0 Å². The van der Waals surface area contributed by atoms with Gasteiger partial charge in [0.25, 0.3) is 0 Å². The number of carbonyl (C=O) groups excluding carboxylic acids is 4. The zero-order valence-corrected chi connectivity index (χ0v) is 24.1. The lowest BCUT2D eigenvalue weighted by Gasteiger charge is -2.45. The summed E-state index contributed by atoms with van der Waals surface area (Å²) in [6.45, 7) is 2.43. The predicted octanol–water partition coefficient (Wildman–Crippen LogP) is 1.45. The summed E-state index contributed by atoms with van der Waals surface area (Å²) in [5, 5.41) is 75.9. The number of benzene rings is 3. The minimum atomic E-state index is -2.39. The number of fused-ring (bicyclic) bond motifs is 3. The molecule has 7 N–H and O–H groups in total. The third-order valence-electron chi connectivity index (χ3n) is 8.76. The van der Waals surface area contributed by atoms with E-state index in [9.17, 15) is 54.9 Å². The average molecular weight is 619 g/mol. The van der Waals surface area contributed by atoms with Gasteiger partial charge in [-0.3, -0.25) is 19.2 Å². The Balaban J connectivity index is 1.74. The molecule has 13 nitrogen and oxygen atoms in total. The molecule has 3 aromatic rings. The molecule has 6 rings (SSSR count). The molecule has 0 unspecified atom stereocenters. The maximum absolute atomic E-state index is 14.4. The van der Waals surface area contributed by atoms with E-state index in [1.54, 1.807) is 0 Å². The highest BCUT2D eigenvalue weighted by atomic mass is 16.5. The summed E-state index contributed by atoms with van der Waals surface area (Å²) < 4.78 is 10.7. The second-order valence-electron chi connectivity index (χ2n) is 11.3. The fourth-order valence-electron chi connectivity index (χ4n) is 6.51. The molecule has 0 saturated heterocycles. The molecule has 45 heavy (non-hydrogen) atoms. The van der Waals surface area contributed by atoms with Crippen molar-refractivity contribution in [3.05, 3.63) is 74.4 Å². The summed E-state index contributed by atoms with van der Waals surface area (Å²) >= 11 is 0. The Labute approximate surface area is 253 Å². The molecule has 0 spiro atoms. The summed E-state index contributed by atoms with van der Waals surface area (Å²) in [6.07, 6.45) is -5.62. The molecule has 3 aliphatic rings. The van der Waals surface area contributed by atoms with E-state index in [0.29, 0.717) is 0 Å². The van der Waals surface area contributed by atoms with Gasteiger partial charge >= 0.3 is 0 Å². The van der Waals surface area contributed by atoms with Gasteiger partial charge in [0.1, 0.15) is 52.7 Å². The fraction of sp³-hybridized carbons (Fsp3) is 0.250. The lowest BCUT2D eigenvalue weighted by atomic mass is 9.66. The molecule has 13 heteroatoms. The van der Waals surface area contributed by atoms with Crippen LogP contribution in [-0.4, -0.2) is 97.0 Å². The van der Waals surface area contributed by atoms with E-state index in [1.807, 2.05) is 0 Å². The number of aryl methyl sites for hydroxylation is 1. The Morgan fingerprint density at radius 2 is 1.29 bits per heavy atom. The predicted molar refractivity (Wildman–Crippen MR) is 152 cm³/mol. The first-order valence-electron chi connectivity index (χ1n) is 13.5. The molecule has 0 heterocycles. The Bertz CT molecular complexity index is 1970. The van der Waals surface area contributed by atoms with Gasteiger partial charge in [-0.1, -0.05) is 0 Å². The molecule has 232 valence electrons. The van der Waals surface area contributed by atoms with E-state index in [-0.39, 0.29) is 22.4 Å². The Kier molecular flexibility index (Phi) is 6.47. The molecule has 0 bridgehead atoms. The molecule has 0 fully saturated rings. The molecule has 3 aromatic carbocycles. The minimum Gasteiger partial charge on any atom is -0.508 e. The topological polar surface area (TPSA) is 228 Å². The lowest BCUT2D eigenvalue weighted by Crippen LogP contribution is -2.62. The largest absolute Gasteiger partial charge is 0.508 e. The molecular weight excluding hydrogens is 592 g/mol. The third-order valence-corrected chi connectivity index (χ3v) is 8.76. The summed E-state index contributed by atoms with van der Waals surface area (Å²) in [5.41, 5.74) is -7.26. The van der Waals surface area contributed by atoms with Crippen molar-refractivity contribution in [2.24, 2.45) is 0 Å². The molecule has 4 atom stereocenters. The van der Waals surface area contributed by atoms with Gasteiger partial charge in [0, 0.05) is 63.8 Å². The summed E-state index contributed by atoms with van der Waals surface area (Å²) in [6, 6.07) is 4.00. The zero-order chi connectivity index (χ0) is 33.0. The third kappa shape index (κ3) is 3.75. The highest BCUT2D eigenvalue weighted by molar-refractivity contribution is 6.35. The van der Waals surface area contributed by atoms with Gasteiger partial charge in [-0.2, -0.15) is 0 Å². The van der Waals surface area contributed by atoms with Crippen molar-refractivity contribution in [1.29, 1.82) is 0 Å². The number of carbonyl (C=O) groups is 4. The van der Waals surface area contributed by atoms with Crippen LogP contribution >= 0.6 is 0 Å². The van der Waals surface area contributed by atoms with Crippen molar-refractivity contribution in [3.8, 4) is 39.9 Å². The number of ketones is 4. The van der Waals surface area contributed by atoms with Crippen LogP contribution in [0.15, 0.2) is 35.4 Å². The van der Waals surface area contributed by atoms with Crippen LogP contribution in [0.1, 0.15) is 65.0 Å². The van der Waals surface area contributed by atoms with Crippen molar-refractivity contribution < 1.29 is 64.4 Å². The first kappa shape index (κ1) is 30.0. The van der Waals surface area contributed by atoms with Crippen LogP contribution in [0, 0.1) is 6.92 Å². The van der Waals surface area contributed by atoms with Crippen LogP contribution in [-0.2, 0) is 4.74 Å². The van der Waals surface area contributed by atoms with Crippen LogP contribution in [0.3, 0.4) is 0 Å². The van der Waals surface area contributed by atoms with Crippen molar-refractivity contribution in [2.75, 3.05) is 14.2 Å². The number of aliphatic hydroxyl groups excluding tert-OH is 2. The van der Waals surface area contributed by atoms with Gasteiger partial charge in [0.15, 0.2) is 23.1 Å². The lowest BCUT2D eigenvalue weighted by molar-refractivity contribution is -0.164. The highest BCUT2D eigenvalue weighted by Crippen LogP contribution is 2.53. The number of phenolic OH excluding ortho intramolecular Hbond substituents is 4. The fourth-order valence-corrected chi connectivity index (χ4v) is 6.51. The van der Waals surface area contributed by atoms with E-state index in [0.717, 1.165) is 39.3 Å². The second kappa shape index (κ2) is 9.71. The standard InChI is InChI=1S/C32H26O13/c1-9-5-11-17(26(38)16-12(25(11)37)6-10(33)7-13(16)34)20(24(9)36)19-15(44-3)8-14(35)18-21(19)28(40)23-22(27(18)39)29(45-4)31(42)32(2,43)30(23)41/h5-8,29-31,33-36,41-43H,1-4H3/t29-,30+,31-,32+/m1/s1. The monoisotopic (exact) mass is 618 g/mol. The summed E-state index contributed by atoms with van der Waals surface area (Å²) in [5.74, 6) is -6.95. The summed E-state index contributed by atoms with van der Waals surface area (Å²) in [7, 11) is 2.24. The zero-order valence-electron chi connectivity index (χ0n) is 24.1. The van der Waals surface area contributed by atoms with Crippen LogP contribution in [0.25, 0.3) is 11.1 Å². The normalized spacial score (nSPS) is 23.8. The molecule has 0 aliphatic heterocycles. The molecular formula is C32H26O13. The maximum atomic E-state index is 14.4. The van der Waals surface area contributed by atoms with Crippen LogP contribution in [0.2, 0.25) is 0 Å². The number of Topliss-reactive ketones (excluding diaryl/α,β-unsaturated/α-hetero) is 2. The molecule has 0 aromatic heterocycles. The first-order valence-corrected chi connectivity index (χ1v) is 13.5. The molecule has 0 amide bonds. The van der Waals surface area contributed by atoms with Gasteiger partial charge in [-0.15, -0.1) is 0 Å². The highest BCUT2D eigenvalue weighted by Gasteiger charge is 2.57. The van der Waals surface area contributed by atoms with E-state index in [4.69, 9.17) is 9.47 Å². The van der Waals surface area contributed by atoms with Crippen LogP contribution < -0.4 is 4.74 Å². The van der Waals surface area contributed by atoms with E-state index in [2.05, 4.69) is 0 Å². The van der Waals surface area contributed by atoms with Gasteiger partial charge in [-0.25, -0.2) is 0 Å². The Morgan fingerprint density at radius 1 is 0.689 bits per heavy atom. The van der Waals surface area contributed by atoms with Crippen molar-refractivity contribution in [3.63, 3.8) is 0 Å². The number of phenols is 4. The maximum Gasteiger partial charge on any atom is 0.199 e. The Morgan fingerprint density at radius 3 is 1.91 bits per heavy atom. The average Bonchev–Trinajstić information content (AvgIpc) is 2.98. The minimum absolute atomic E-state index is 0.0410. The Hall–Kier alpha value is -5.08. The second-order valence-corrected chi connectivity index (χ2v) is 11.3. The van der Waals surface area contributed by atoms with Crippen molar-refractivity contribution in [2.45, 2.75) is 37.8 Å². The van der Waals surface area contributed by atoms with E-state index in [1.165, 1.54) is 13.0 Å². The number of hydrogen-bond donors (Lipinski definition) is 7. The smallest absolute Gasteiger partial charge is 0.199 e. The van der Waals surface area contributed by atoms with Gasteiger partial charge < -0.3 is 45.2 Å². The van der Waals surface area contributed by atoms with Gasteiger partial charge in [-0.05, 0) is 31.5 Å². The van der Waals surface area contributed by atoms with Crippen LogP contribution in [0.5, 0.6) is 28.7 Å². The SMILES string of the molecule is COc1cc(O)c2c(c1-c1c(O)c(C)cc3c1C(=O)c1c(O)cc(O)cc1C3=O)C(=O)C1=C(C2=O)[C@@H](OC)[C@@H](O)[C@@](C)(O)[C@H]1O. The molecule has 0 radical (unpaired) electrons. The quantitative estimate of drug-likeness (QED) is 0.173. The number of rotatable bonds is 3. The van der Waals surface area contributed by atoms with Crippen molar-refractivity contribution >= 4 is 23.1 Å². The van der Waals surface area contributed by atoms with Gasteiger partial charge in [0.05, 0.1) is 18.2 Å². The molecule has 0 saturated carbocycles. The number of methoxy groups -OCH3 is 2. The number of hydrogen-bond acceptors (Lipinski definition) is 13. The number of aromatic hydroxyl groups is 4. The van der Waals surface area contributed by atoms with E-state index >= 15 is 0 Å². The number of aliphatic hydroxyl groups is 3. The molecule has 3 aliphatic carbocycles. The van der Waals surface area contributed by atoms with E-state index < -0.39 is 115 Å². The van der Waals surface area contributed by atoms with Crippen molar-refractivity contribution in [1.82, 2.24) is 0 Å². The van der Waals surface area contributed by atoms with Crippen LogP contribution in [0.4, 0.5) is 0 Å².